The molecular formula is C12H14BrN3O3. The lowest BCUT2D eigenvalue weighted by Crippen LogP contribution is -2.09. The molecular weight excluding hydrogens is 314 g/mol. The van der Waals surface area contributed by atoms with Crippen LogP contribution in [0.5, 0.6) is 0 Å². The monoisotopic (exact) mass is 327 g/mol. The molecule has 6 nitrogen and oxygen atoms in total. The summed E-state index contributed by atoms with van der Waals surface area (Å²) in [5.74, 6) is -1.34. The first-order valence-electron chi connectivity index (χ1n) is 5.54. The molecule has 1 aromatic rings. The fourth-order valence-electron chi connectivity index (χ4n) is 1.35. The van der Waals surface area contributed by atoms with E-state index in [1.807, 2.05) is 6.92 Å². The molecule has 0 spiro atoms. The van der Waals surface area contributed by atoms with E-state index in [9.17, 15) is 9.90 Å². The number of aliphatic hydroxyl groups excluding tert-OH is 1. The summed E-state index contributed by atoms with van der Waals surface area (Å²) in [5, 5.41) is 13.1. The number of nitrogens with one attached hydrogen (secondary N) is 1. The lowest BCUT2D eigenvalue weighted by Gasteiger charge is -2.08. The average Bonchev–Trinajstić information content (AvgIpc) is 2.34. The van der Waals surface area contributed by atoms with Gasteiger partial charge in [0.05, 0.1) is 6.61 Å². The van der Waals surface area contributed by atoms with Gasteiger partial charge in [-0.3, -0.25) is 0 Å². The molecule has 0 aliphatic carbocycles. The summed E-state index contributed by atoms with van der Waals surface area (Å²) in [7, 11) is 0. The second-order valence-electron chi connectivity index (χ2n) is 3.75. The van der Waals surface area contributed by atoms with Crippen molar-refractivity contribution in [1.29, 1.82) is 5.53 Å². The van der Waals surface area contributed by atoms with Crippen LogP contribution in [0.4, 0.5) is 0 Å². The highest BCUT2D eigenvalue weighted by molar-refractivity contribution is 9.10. The van der Waals surface area contributed by atoms with Crippen LogP contribution in [0.3, 0.4) is 0 Å². The van der Waals surface area contributed by atoms with Gasteiger partial charge in [0.1, 0.15) is 5.69 Å². The summed E-state index contributed by atoms with van der Waals surface area (Å²) >= 11 is 3.26. The molecule has 0 saturated carbocycles. The number of carbonyl (C=O) groups excluding carboxylic acids is 1. The van der Waals surface area contributed by atoms with Crippen LogP contribution in [0.1, 0.15) is 23.9 Å². The predicted molar refractivity (Wildman–Crippen MR) is 72.7 cm³/mol. The molecule has 0 fully saturated rings. The number of esters is 1. The smallest absolute Gasteiger partial charge is 0.362 e. The molecule has 0 bridgehead atoms. The van der Waals surface area contributed by atoms with Crippen molar-refractivity contribution in [3.05, 3.63) is 33.2 Å². The van der Waals surface area contributed by atoms with Crippen molar-refractivity contribution in [3.63, 3.8) is 0 Å². The second kappa shape index (κ2) is 6.42. The van der Waals surface area contributed by atoms with Crippen LogP contribution < -0.4 is 0 Å². The Morgan fingerprint density at radius 3 is 2.74 bits per heavy atom. The number of ether oxygens (including phenoxy) is 1. The van der Waals surface area contributed by atoms with Gasteiger partial charge in [-0.15, -0.1) is 5.11 Å². The van der Waals surface area contributed by atoms with Gasteiger partial charge in [0.2, 0.25) is 5.70 Å². The molecule has 102 valence electrons. The van der Waals surface area contributed by atoms with Crippen molar-refractivity contribution in [2.75, 3.05) is 6.61 Å². The quantitative estimate of drug-likeness (QED) is 0.384. The predicted octanol–water partition coefficient (Wildman–Crippen LogP) is 3.28. The number of halogens is 1. The van der Waals surface area contributed by atoms with Crippen LogP contribution in [0.15, 0.2) is 21.4 Å². The van der Waals surface area contributed by atoms with E-state index >= 15 is 0 Å². The SMILES string of the molecule is CCOC(=O)/C(N=N)=C(/O)c1nc(C)c(C)cc1Br. The van der Waals surface area contributed by atoms with Crippen molar-refractivity contribution in [3.8, 4) is 0 Å². The van der Waals surface area contributed by atoms with Gasteiger partial charge >= 0.3 is 5.97 Å². The highest BCUT2D eigenvalue weighted by Gasteiger charge is 2.21. The van der Waals surface area contributed by atoms with Gasteiger partial charge in [0.15, 0.2) is 5.76 Å². The minimum atomic E-state index is -0.859. The van der Waals surface area contributed by atoms with Gasteiger partial charge in [-0.05, 0) is 48.3 Å². The van der Waals surface area contributed by atoms with Crippen molar-refractivity contribution in [1.82, 2.24) is 4.98 Å². The lowest BCUT2D eigenvalue weighted by atomic mass is 10.2. The highest BCUT2D eigenvalue weighted by Crippen LogP contribution is 2.26. The van der Waals surface area contributed by atoms with E-state index in [0.717, 1.165) is 5.56 Å². The summed E-state index contributed by atoms with van der Waals surface area (Å²) in [6.45, 7) is 5.41. The number of pyridine rings is 1. The average molecular weight is 328 g/mol. The van der Waals surface area contributed by atoms with E-state index in [2.05, 4.69) is 26.0 Å². The van der Waals surface area contributed by atoms with E-state index in [0.29, 0.717) is 10.2 Å². The van der Waals surface area contributed by atoms with Crippen molar-refractivity contribution in [2.24, 2.45) is 5.11 Å². The summed E-state index contributed by atoms with van der Waals surface area (Å²) in [5.41, 5.74) is 8.30. The molecule has 0 unspecified atom stereocenters. The number of aryl methyl sites for hydroxylation is 2. The molecule has 0 aliphatic rings. The summed E-state index contributed by atoms with van der Waals surface area (Å²) in [6.07, 6.45) is 0. The second-order valence-corrected chi connectivity index (χ2v) is 4.60. The maximum absolute atomic E-state index is 11.6. The van der Waals surface area contributed by atoms with E-state index in [1.54, 1.807) is 19.9 Å². The number of carbonyl (C=O) groups is 1. The molecule has 0 saturated heterocycles. The Balaban J connectivity index is 3.37. The van der Waals surface area contributed by atoms with Gasteiger partial charge in [0.25, 0.3) is 0 Å². The number of aromatic nitrogens is 1. The van der Waals surface area contributed by atoms with Crippen molar-refractivity contribution >= 4 is 27.7 Å². The number of nitrogens with zero attached hydrogens (tertiary/aromatic N) is 2. The van der Waals surface area contributed by atoms with Crippen LogP contribution in [-0.4, -0.2) is 22.7 Å². The molecule has 0 atom stereocenters. The van der Waals surface area contributed by atoms with Crippen LogP contribution in [0.25, 0.3) is 5.76 Å². The van der Waals surface area contributed by atoms with Gasteiger partial charge in [0, 0.05) is 10.2 Å². The Morgan fingerprint density at radius 1 is 1.58 bits per heavy atom. The lowest BCUT2D eigenvalue weighted by molar-refractivity contribution is -0.138. The number of rotatable bonds is 4. The Bertz CT molecular complexity index is 555. The first-order chi connectivity index (χ1) is 8.92. The number of hydrogen-bond donors (Lipinski definition) is 2. The summed E-state index contributed by atoms with van der Waals surface area (Å²) in [4.78, 5) is 15.7. The summed E-state index contributed by atoms with van der Waals surface area (Å²) in [6, 6.07) is 1.76. The van der Waals surface area contributed by atoms with Crippen LogP contribution in [0.2, 0.25) is 0 Å². The van der Waals surface area contributed by atoms with Crippen LogP contribution >= 0.6 is 15.9 Å². The van der Waals surface area contributed by atoms with Crippen LogP contribution in [-0.2, 0) is 9.53 Å². The normalized spacial score (nSPS) is 11.8. The van der Waals surface area contributed by atoms with E-state index in [-0.39, 0.29) is 12.3 Å². The first kappa shape index (κ1) is 15.3. The van der Waals surface area contributed by atoms with Gasteiger partial charge in [-0.1, -0.05) is 0 Å². The maximum Gasteiger partial charge on any atom is 0.362 e. The van der Waals surface area contributed by atoms with E-state index in [4.69, 9.17) is 10.3 Å². The van der Waals surface area contributed by atoms with Crippen molar-refractivity contribution < 1.29 is 14.6 Å². The molecule has 2 N–H and O–H groups in total. The number of hydrogen-bond acceptors (Lipinski definition) is 6. The molecule has 1 heterocycles. The van der Waals surface area contributed by atoms with Crippen LogP contribution in [0, 0.1) is 19.4 Å². The third kappa shape index (κ3) is 3.37. The fraction of sp³-hybridized carbons (Fsp3) is 0.333. The van der Waals surface area contributed by atoms with Gasteiger partial charge in [-0.2, -0.15) is 0 Å². The van der Waals surface area contributed by atoms with Gasteiger partial charge in [-0.25, -0.2) is 15.3 Å². The third-order valence-corrected chi connectivity index (χ3v) is 3.05. The zero-order valence-corrected chi connectivity index (χ0v) is 12.4. The van der Waals surface area contributed by atoms with E-state index < -0.39 is 17.4 Å². The molecule has 0 aliphatic heterocycles. The molecule has 0 aromatic carbocycles. The Hall–Kier alpha value is -1.76. The molecule has 19 heavy (non-hydrogen) atoms. The Morgan fingerprint density at radius 2 is 2.21 bits per heavy atom. The number of aliphatic hydroxyl groups is 1. The molecule has 7 heteroatoms. The van der Waals surface area contributed by atoms with E-state index in [1.165, 1.54) is 0 Å². The zero-order chi connectivity index (χ0) is 14.6. The highest BCUT2D eigenvalue weighted by atomic mass is 79.9. The molecule has 1 rings (SSSR count). The zero-order valence-electron chi connectivity index (χ0n) is 10.8. The summed E-state index contributed by atoms with van der Waals surface area (Å²) < 4.78 is 5.23. The Kier molecular flexibility index (Phi) is 5.17. The molecule has 1 aromatic heterocycles. The van der Waals surface area contributed by atoms with Crippen molar-refractivity contribution in [2.45, 2.75) is 20.8 Å². The van der Waals surface area contributed by atoms with Gasteiger partial charge < -0.3 is 9.84 Å². The molecule has 0 radical (unpaired) electrons. The largest absolute Gasteiger partial charge is 0.504 e. The molecule has 0 amide bonds. The topological polar surface area (TPSA) is 95.6 Å². The standard InChI is InChI=1S/C12H14BrN3O3/c1-4-19-12(18)10(16-14)11(17)9-8(13)5-6(2)7(3)15-9/h5,14,17H,4H2,1-3H3/b11-10-,16-14?. The minimum absolute atomic E-state index is 0.132. The Labute approximate surface area is 119 Å². The maximum atomic E-state index is 11.6. The fourth-order valence-corrected chi connectivity index (χ4v) is 1.96. The minimum Gasteiger partial charge on any atom is -0.504 e. The third-order valence-electron chi connectivity index (χ3n) is 2.45. The first-order valence-corrected chi connectivity index (χ1v) is 6.33.